The zero-order chi connectivity index (χ0) is 17.4. The summed E-state index contributed by atoms with van der Waals surface area (Å²) in [7, 11) is -1.67. The van der Waals surface area contributed by atoms with Crippen molar-refractivity contribution in [1.82, 2.24) is 0 Å². The van der Waals surface area contributed by atoms with E-state index in [9.17, 15) is 0 Å². The molecule has 24 heavy (non-hydrogen) atoms. The van der Waals surface area contributed by atoms with Crippen molar-refractivity contribution >= 4 is 8.32 Å². The van der Waals surface area contributed by atoms with E-state index in [1.165, 1.54) is 38.5 Å². The summed E-state index contributed by atoms with van der Waals surface area (Å²) in [4.78, 5) is 0. The zero-order valence-corrected chi connectivity index (χ0v) is 17.4. The number of hydrogen-bond acceptors (Lipinski definition) is 1. The average molecular weight is 345 g/mol. The van der Waals surface area contributed by atoms with E-state index >= 15 is 0 Å². The molecule has 0 aliphatic heterocycles. The van der Waals surface area contributed by atoms with E-state index in [2.05, 4.69) is 58.2 Å². The van der Waals surface area contributed by atoms with Crippen LogP contribution in [-0.4, -0.2) is 14.9 Å². The Bertz CT molecular complexity index is 539. The molecule has 0 aromatic rings. The number of hydrogen-bond donors (Lipinski definition) is 0. The Morgan fingerprint density at radius 1 is 1.04 bits per heavy atom. The number of allylic oxidation sites excluding steroid dienone is 5. The van der Waals surface area contributed by atoms with Gasteiger partial charge >= 0.3 is 0 Å². The van der Waals surface area contributed by atoms with Crippen molar-refractivity contribution in [3.8, 4) is 0 Å². The minimum absolute atomic E-state index is 0.297. The Labute approximate surface area is 150 Å². The molecule has 3 rings (SSSR count). The van der Waals surface area contributed by atoms with Crippen LogP contribution in [0.5, 0.6) is 0 Å². The van der Waals surface area contributed by atoms with Crippen LogP contribution in [-0.2, 0) is 4.43 Å². The smallest absolute Gasteiger partial charge is 0.192 e. The van der Waals surface area contributed by atoms with Gasteiger partial charge in [0.25, 0.3) is 0 Å². The normalized spacial score (nSPS) is 30.8. The molecule has 3 aliphatic carbocycles. The van der Waals surface area contributed by atoms with Crippen LogP contribution in [0.3, 0.4) is 0 Å². The molecular weight excluding hydrogens is 308 g/mol. The van der Waals surface area contributed by atoms with Crippen LogP contribution in [0.1, 0.15) is 59.3 Å². The van der Waals surface area contributed by atoms with Gasteiger partial charge in [0.15, 0.2) is 8.32 Å². The first kappa shape index (κ1) is 18.2. The van der Waals surface area contributed by atoms with Crippen molar-refractivity contribution in [1.29, 1.82) is 0 Å². The van der Waals surface area contributed by atoms with E-state index in [1.807, 2.05) is 0 Å². The van der Waals surface area contributed by atoms with Gasteiger partial charge in [0, 0.05) is 12.5 Å². The molecule has 134 valence electrons. The number of rotatable bonds is 3. The maximum Gasteiger partial charge on any atom is 0.192 e. The molecule has 0 heterocycles. The van der Waals surface area contributed by atoms with Crippen LogP contribution in [0.2, 0.25) is 18.1 Å². The van der Waals surface area contributed by atoms with Crippen molar-refractivity contribution in [2.75, 3.05) is 6.61 Å². The lowest BCUT2D eigenvalue weighted by Crippen LogP contribution is -2.42. The molecule has 0 saturated heterocycles. The van der Waals surface area contributed by atoms with E-state index in [0.29, 0.717) is 22.8 Å². The van der Waals surface area contributed by atoms with Crippen LogP contribution in [0.25, 0.3) is 0 Å². The van der Waals surface area contributed by atoms with Gasteiger partial charge in [0.05, 0.1) is 0 Å². The Balaban J connectivity index is 1.83. The molecule has 0 spiro atoms. The standard InChI is InChI=1S/C22H36OSi/c1-22(2,3)24(4,5)23-16-20-18-13-9-10-14-19(15-18)21(20)17-11-7-6-8-12-17/h9-10,13-14,18-20H,6-8,11-12,15-16H2,1-5H3/t18-,19+,20+/m0/s1. The van der Waals surface area contributed by atoms with Crippen LogP contribution in [0.4, 0.5) is 0 Å². The SMILES string of the molecule is CC(C)(C)[Si](C)(C)OC[C@H]1C(=C2CCCCC2)[C@@H]2C=CC=C[C@H]1C2. The first-order valence-electron chi connectivity index (χ1n) is 10.0. The zero-order valence-electron chi connectivity index (χ0n) is 16.4. The van der Waals surface area contributed by atoms with Gasteiger partial charge in [-0.15, -0.1) is 0 Å². The predicted molar refractivity (Wildman–Crippen MR) is 107 cm³/mol. The highest BCUT2D eigenvalue weighted by Gasteiger charge is 2.42. The summed E-state index contributed by atoms with van der Waals surface area (Å²) in [5.74, 6) is 1.98. The minimum atomic E-state index is -1.67. The molecule has 3 aliphatic rings. The summed E-state index contributed by atoms with van der Waals surface area (Å²) in [6.07, 6.45) is 17.7. The molecule has 0 radical (unpaired) electrons. The van der Waals surface area contributed by atoms with Gasteiger partial charge in [-0.3, -0.25) is 0 Å². The summed E-state index contributed by atoms with van der Waals surface area (Å²) in [5, 5.41) is 0.297. The van der Waals surface area contributed by atoms with E-state index < -0.39 is 8.32 Å². The highest BCUT2D eigenvalue weighted by Crippen LogP contribution is 2.48. The summed E-state index contributed by atoms with van der Waals surface area (Å²) in [5.41, 5.74) is 3.57. The monoisotopic (exact) mass is 344 g/mol. The molecule has 2 saturated carbocycles. The molecular formula is C22H36OSi. The summed E-state index contributed by atoms with van der Waals surface area (Å²) >= 11 is 0. The lowest BCUT2D eigenvalue weighted by molar-refractivity contribution is 0.230. The van der Waals surface area contributed by atoms with E-state index in [-0.39, 0.29) is 0 Å². The average Bonchev–Trinajstić information content (AvgIpc) is 2.67. The Morgan fingerprint density at radius 3 is 2.38 bits per heavy atom. The van der Waals surface area contributed by atoms with Gasteiger partial charge in [0.2, 0.25) is 0 Å². The van der Waals surface area contributed by atoms with Gasteiger partial charge in [-0.25, -0.2) is 0 Å². The van der Waals surface area contributed by atoms with Crippen molar-refractivity contribution in [3.63, 3.8) is 0 Å². The van der Waals surface area contributed by atoms with Gasteiger partial charge in [-0.2, -0.15) is 0 Å². The maximum absolute atomic E-state index is 6.69. The van der Waals surface area contributed by atoms with Crippen molar-refractivity contribution < 1.29 is 4.43 Å². The molecule has 3 atom stereocenters. The summed E-state index contributed by atoms with van der Waals surface area (Å²) < 4.78 is 6.69. The van der Waals surface area contributed by atoms with Crippen molar-refractivity contribution in [3.05, 3.63) is 35.5 Å². The second-order valence-corrected chi connectivity index (χ2v) is 14.4. The molecule has 2 fully saturated rings. The predicted octanol–water partition coefficient (Wildman–Crippen LogP) is 6.65. The topological polar surface area (TPSA) is 9.23 Å². The molecule has 0 aromatic heterocycles. The molecule has 0 aromatic carbocycles. The van der Waals surface area contributed by atoms with Crippen LogP contribution >= 0.6 is 0 Å². The molecule has 2 bridgehead atoms. The fourth-order valence-corrected chi connectivity index (χ4v) is 5.44. The van der Waals surface area contributed by atoms with E-state index in [4.69, 9.17) is 4.43 Å². The third-order valence-electron chi connectivity index (χ3n) is 6.95. The van der Waals surface area contributed by atoms with Crippen molar-refractivity contribution in [2.24, 2.45) is 17.8 Å². The largest absolute Gasteiger partial charge is 0.416 e. The van der Waals surface area contributed by atoms with E-state index in [1.54, 1.807) is 11.1 Å². The third kappa shape index (κ3) is 3.65. The fourth-order valence-electron chi connectivity index (χ4n) is 4.41. The second kappa shape index (κ2) is 6.95. The molecule has 0 amide bonds. The Hall–Kier alpha value is -0.603. The summed E-state index contributed by atoms with van der Waals surface area (Å²) in [6.45, 7) is 12.8. The highest BCUT2D eigenvalue weighted by atomic mass is 28.4. The van der Waals surface area contributed by atoms with Gasteiger partial charge < -0.3 is 4.43 Å². The minimum Gasteiger partial charge on any atom is -0.416 e. The van der Waals surface area contributed by atoms with Gasteiger partial charge in [-0.05, 0) is 62.1 Å². The first-order chi connectivity index (χ1) is 11.3. The Morgan fingerprint density at radius 2 is 1.71 bits per heavy atom. The lowest BCUT2D eigenvalue weighted by Gasteiger charge is -2.38. The molecule has 1 nitrogen and oxygen atoms in total. The highest BCUT2D eigenvalue weighted by molar-refractivity contribution is 6.74. The lowest BCUT2D eigenvalue weighted by atomic mass is 9.82. The Kier molecular flexibility index (Phi) is 5.27. The van der Waals surface area contributed by atoms with E-state index in [0.717, 1.165) is 6.61 Å². The van der Waals surface area contributed by atoms with Crippen LogP contribution in [0.15, 0.2) is 35.5 Å². The third-order valence-corrected chi connectivity index (χ3v) is 11.5. The quantitative estimate of drug-likeness (QED) is 0.411. The molecule has 0 unspecified atom stereocenters. The van der Waals surface area contributed by atoms with Crippen molar-refractivity contribution in [2.45, 2.75) is 77.4 Å². The van der Waals surface area contributed by atoms with Crippen LogP contribution in [0, 0.1) is 17.8 Å². The first-order valence-corrected chi connectivity index (χ1v) is 12.9. The number of fused-ring (bicyclic) bond motifs is 2. The molecule has 2 heteroatoms. The van der Waals surface area contributed by atoms with Gasteiger partial charge in [0.1, 0.15) is 0 Å². The van der Waals surface area contributed by atoms with Gasteiger partial charge in [-0.1, -0.05) is 62.6 Å². The maximum atomic E-state index is 6.69. The molecule has 0 N–H and O–H groups in total. The summed E-state index contributed by atoms with van der Waals surface area (Å²) in [6, 6.07) is 0. The van der Waals surface area contributed by atoms with Crippen LogP contribution < -0.4 is 0 Å². The second-order valence-electron chi connectivity index (χ2n) is 9.57. The fraction of sp³-hybridized carbons (Fsp3) is 0.727.